The minimum absolute atomic E-state index is 0.0551. The van der Waals surface area contributed by atoms with Crippen molar-refractivity contribution in [2.75, 3.05) is 19.6 Å². The Kier molecular flexibility index (Phi) is 6.49. The van der Waals surface area contributed by atoms with Gasteiger partial charge in [0.2, 0.25) is 10.0 Å². The Morgan fingerprint density at radius 2 is 1.69 bits per heavy atom. The average molecular weight is 434 g/mol. The Balaban J connectivity index is 1.53. The highest BCUT2D eigenvalue weighted by Gasteiger charge is 2.20. The molecule has 140 valence electrons. The van der Waals surface area contributed by atoms with Crippen LogP contribution >= 0.6 is 34.8 Å². The van der Waals surface area contributed by atoms with Crippen LogP contribution in [0.15, 0.2) is 41.3 Å². The van der Waals surface area contributed by atoms with E-state index < -0.39 is 10.0 Å². The van der Waals surface area contributed by atoms with E-state index in [1.165, 1.54) is 23.3 Å². The Labute approximate surface area is 169 Å². The number of rotatable bonds is 6. The molecule has 0 aliphatic carbocycles. The van der Waals surface area contributed by atoms with Gasteiger partial charge in [-0.05, 0) is 42.6 Å². The molecule has 0 spiro atoms. The van der Waals surface area contributed by atoms with E-state index in [1.807, 2.05) is 0 Å². The van der Waals surface area contributed by atoms with Crippen LogP contribution in [-0.2, 0) is 23.0 Å². The van der Waals surface area contributed by atoms with Crippen molar-refractivity contribution in [2.24, 2.45) is 0 Å². The van der Waals surface area contributed by atoms with Crippen LogP contribution in [0, 0.1) is 0 Å². The molecular weight excluding hydrogens is 415 g/mol. The summed E-state index contributed by atoms with van der Waals surface area (Å²) >= 11 is 17.8. The summed E-state index contributed by atoms with van der Waals surface area (Å²) in [4.78, 5) is 2.28. The molecule has 1 aliphatic heterocycles. The summed E-state index contributed by atoms with van der Waals surface area (Å²) in [5.41, 5.74) is 2.75. The summed E-state index contributed by atoms with van der Waals surface area (Å²) in [6.07, 6.45) is 1.74. The standard InChI is InChI=1S/C18H19Cl3N2O2S/c19-15-10-17(21)18(11-16(15)20)26(24,25)22-7-3-8-23-9-6-13-4-1-2-5-14(13)12-23/h1-2,4-5,10-11,22H,3,6-9,12H2. The Hall–Kier alpha value is -0.820. The number of hydrogen-bond donors (Lipinski definition) is 1. The van der Waals surface area contributed by atoms with Gasteiger partial charge in [-0.3, -0.25) is 4.90 Å². The molecule has 4 nitrogen and oxygen atoms in total. The van der Waals surface area contributed by atoms with Gasteiger partial charge in [-0.25, -0.2) is 13.1 Å². The molecule has 0 atom stereocenters. The van der Waals surface area contributed by atoms with Crippen LogP contribution in [0.1, 0.15) is 17.5 Å². The fourth-order valence-electron chi connectivity index (χ4n) is 3.04. The van der Waals surface area contributed by atoms with Crippen molar-refractivity contribution < 1.29 is 8.42 Å². The van der Waals surface area contributed by atoms with Crippen molar-refractivity contribution in [3.05, 3.63) is 62.6 Å². The summed E-state index contributed by atoms with van der Waals surface area (Å²) in [6.45, 7) is 3.05. The van der Waals surface area contributed by atoms with Crippen LogP contribution < -0.4 is 4.72 Å². The van der Waals surface area contributed by atoms with Crippen LogP contribution in [0.4, 0.5) is 0 Å². The molecule has 0 saturated carbocycles. The minimum Gasteiger partial charge on any atom is -0.299 e. The van der Waals surface area contributed by atoms with E-state index in [9.17, 15) is 8.42 Å². The lowest BCUT2D eigenvalue weighted by molar-refractivity contribution is 0.251. The molecule has 1 aliphatic rings. The zero-order chi connectivity index (χ0) is 18.7. The number of nitrogens with one attached hydrogen (secondary N) is 1. The third kappa shape index (κ3) is 4.71. The Morgan fingerprint density at radius 3 is 2.46 bits per heavy atom. The highest BCUT2D eigenvalue weighted by molar-refractivity contribution is 7.89. The first kappa shape index (κ1) is 19.9. The van der Waals surface area contributed by atoms with E-state index in [0.29, 0.717) is 13.0 Å². The number of nitrogens with zero attached hydrogens (tertiary/aromatic N) is 1. The van der Waals surface area contributed by atoms with Crippen molar-refractivity contribution in [1.82, 2.24) is 9.62 Å². The van der Waals surface area contributed by atoms with Crippen LogP contribution in [0.25, 0.3) is 0 Å². The van der Waals surface area contributed by atoms with Gasteiger partial charge in [-0.15, -0.1) is 0 Å². The Bertz CT molecular complexity index is 903. The van der Waals surface area contributed by atoms with Crippen LogP contribution in [-0.4, -0.2) is 33.0 Å². The minimum atomic E-state index is -3.73. The van der Waals surface area contributed by atoms with Crippen molar-refractivity contribution in [3.8, 4) is 0 Å². The molecule has 0 fully saturated rings. The van der Waals surface area contributed by atoms with Gasteiger partial charge in [0, 0.05) is 19.6 Å². The lowest BCUT2D eigenvalue weighted by atomic mass is 10.00. The number of hydrogen-bond acceptors (Lipinski definition) is 3. The predicted molar refractivity (Wildman–Crippen MR) is 107 cm³/mol. The van der Waals surface area contributed by atoms with E-state index in [-0.39, 0.29) is 20.0 Å². The van der Waals surface area contributed by atoms with E-state index in [2.05, 4.69) is 33.9 Å². The molecule has 8 heteroatoms. The van der Waals surface area contributed by atoms with Crippen molar-refractivity contribution in [2.45, 2.75) is 24.3 Å². The number of fused-ring (bicyclic) bond motifs is 1. The average Bonchev–Trinajstić information content (AvgIpc) is 2.61. The SMILES string of the molecule is O=S(=O)(NCCCN1CCc2ccccc2C1)c1cc(Cl)c(Cl)cc1Cl. The topological polar surface area (TPSA) is 49.4 Å². The van der Waals surface area contributed by atoms with Gasteiger partial charge >= 0.3 is 0 Å². The van der Waals surface area contributed by atoms with Crippen LogP contribution in [0.3, 0.4) is 0 Å². The first-order chi connectivity index (χ1) is 12.4. The van der Waals surface area contributed by atoms with Crippen molar-refractivity contribution >= 4 is 44.8 Å². The van der Waals surface area contributed by atoms with Gasteiger partial charge in [0.15, 0.2) is 0 Å². The van der Waals surface area contributed by atoms with E-state index in [0.717, 1.165) is 26.1 Å². The highest BCUT2D eigenvalue weighted by Crippen LogP contribution is 2.31. The fraction of sp³-hybridized carbons (Fsp3) is 0.333. The predicted octanol–water partition coefficient (Wildman–Crippen LogP) is 4.37. The first-order valence-corrected chi connectivity index (χ1v) is 10.9. The van der Waals surface area contributed by atoms with E-state index in [4.69, 9.17) is 34.8 Å². The maximum Gasteiger partial charge on any atom is 0.242 e. The van der Waals surface area contributed by atoms with Crippen molar-refractivity contribution in [1.29, 1.82) is 0 Å². The van der Waals surface area contributed by atoms with Gasteiger partial charge in [-0.1, -0.05) is 59.1 Å². The van der Waals surface area contributed by atoms with E-state index >= 15 is 0 Å². The van der Waals surface area contributed by atoms with Crippen LogP contribution in [0.5, 0.6) is 0 Å². The number of sulfonamides is 1. The van der Waals surface area contributed by atoms with Gasteiger partial charge in [0.25, 0.3) is 0 Å². The lowest BCUT2D eigenvalue weighted by Crippen LogP contribution is -2.33. The molecule has 0 radical (unpaired) electrons. The second kappa shape index (κ2) is 8.46. The number of benzene rings is 2. The third-order valence-electron chi connectivity index (χ3n) is 4.42. The molecule has 0 aromatic heterocycles. The zero-order valence-corrected chi connectivity index (χ0v) is 17.1. The molecule has 0 saturated heterocycles. The maximum absolute atomic E-state index is 12.4. The van der Waals surface area contributed by atoms with Gasteiger partial charge in [0.1, 0.15) is 4.90 Å². The molecule has 0 bridgehead atoms. The fourth-order valence-corrected chi connectivity index (χ4v) is 5.12. The molecule has 0 unspecified atom stereocenters. The van der Waals surface area contributed by atoms with Gasteiger partial charge < -0.3 is 0 Å². The second-order valence-corrected chi connectivity index (χ2v) is 9.20. The third-order valence-corrected chi connectivity index (χ3v) is 7.07. The molecular formula is C18H19Cl3N2O2S. The van der Waals surface area contributed by atoms with E-state index in [1.54, 1.807) is 0 Å². The molecule has 26 heavy (non-hydrogen) atoms. The summed E-state index contributed by atoms with van der Waals surface area (Å²) in [5.74, 6) is 0. The summed E-state index contributed by atoms with van der Waals surface area (Å²) in [7, 11) is -3.73. The molecule has 3 rings (SSSR count). The summed E-state index contributed by atoms with van der Waals surface area (Å²) in [5, 5.41) is 0.434. The lowest BCUT2D eigenvalue weighted by Gasteiger charge is -2.28. The van der Waals surface area contributed by atoms with Gasteiger partial charge in [-0.2, -0.15) is 0 Å². The molecule has 2 aromatic rings. The highest BCUT2D eigenvalue weighted by atomic mass is 35.5. The number of halogens is 3. The Morgan fingerprint density at radius 1 is 1.00 bits per heavy atom. The quantitative estimate of drug-likeness (QED) is 0.543. The van der Waals surface area contributed by atoms with Crippen LogP contribution in [0.2, 0.25) is 15.1 Å². The molecule has 2 aromatic carbocycles. The summed E-state index contributed by atoms with van der Waals surface area (Å²) < 4.78 is 27.4. The molecule has 0 amide bonds. The summed E-state index contributed by atoms with van der Waals surface area (Å²) in [6, 6.07) is 11.1. The zero-order valence-electron chi connectivity index (χ0n) is 14.0. The first-order valence-electron chi connectivity index (χ1n) is 8.30. The largest absolute Gasteiger partial charge is 0.299 e. The molecule has 1 heterocycles. The monoisotopic (exact) mass is 432 g/mol. The maximum atomic E-state index is 12.4. The molecule has 1 N–H and O–H groups in total. The van der Waals surface area contributed by atoms with Crippen molar-refractivity contribution in [3.63, 3.8) is 0 Å². The smallest absolute Gasteiger partial charge is 0.242 e. The second-order valence-electron chi connectivity index (χ2n) is 6.24. The normalized spacial score (nSPS) is 15.0. The van der Waals surface area contributed by atoms with Gasteiger partial charge in [0.05, 0.1) is 15.1 Å².